The number of aromatic nitrogens is 2. The molecule has 5 heteroatoms. The fourth-order valence-corrected chi connectivity index (χ4v) is 2.72. The Morgan fingerprint density at radius 1 is 1.33 bits per heavy atom. The number of rotatable bonds is 4. The summed E-state index contributed by atoms with van der Waals surface area (Å²) < 4.78 is 5.25. The fraction of sp³-hybridized carbons (Fsp3) is 0.438. The number of likely N-dealkylation sites (tertiary alicyclic amines) is 1. The third kappa shape index (κ3) is 3.29. The molecule has 0 N–H and O–H groups in total. The minimum absolute atomic E-state index is 0.166. The summed E-state index contributed by atoms with van der Waals surface area (Å²) in [5, 5.41) is 3.84. The SMILES string of the molecule is Cc1noc([C@@H]2CCC(=O)N(CCc3ccccc3)C2)n1. The highest BCUT2D eigenvalue weighted by Crippen LogP contribution is 2.26. The largest absolute Gasteiger partial charge is 0.342 e. The third-order valence-electron chi connectivity index (χ3n) is 3.91. The number of aryl methyl sites for hydroxylation is 1. The highest BCUT2D eigenvalue weighted by molar-refractivity contribution is 5.77. The number of carbonyl (C=O) groups is 1. The Bertz CT molecular complexity index is 609. The smallest absolute Gasteiger partial charge is 0.231 e. The zero-order chi connectivity index (χ0) is 14.7. The first kappa shape index (κ1) is 13.8. The summed E-state index contributed by atoms with van der Waals surface area (Å²) in [4.78, 5) is 18.3. The first-order valence-electron chi connectivity index (χ1n) is 7.34. The number of benzene rings is 1. The highest BCUT2D eigenvalue weighted by Gasteiger charge is 2.29. The second-order valence-corrected chi connectivity index (χ2v) is 5.49. The van der Waals surface area contributed by atoms with Crippen LogP contribution < -0.4 is 0 Å². The molecule has 5 nitrogen and oxygen atoms in total. The fourth-order valence-electron chi connectivity index (χ4n) is 2.72. The first-order chi connectivity index (χ1) is 10.2. The van der Waals surface area contributed by atoms with Crippen molar-refractivity contribution in [2.24, 2.45) is 0 Å². The predicted molar refractivity (Wildman–Crippen MR) is 77.7 cm³/mol. The van der Waals surface area contributed by atoms with E-state index < -0.39 is 0 Å². The molecule has 2 aromatic rings. The number of hydrogen-bond acceptors (Lipinski definition) is 4. The normalized spacial score (nSPS) is 19.0. The van der Waals surface area contributed by atoms with Gasteiger partial charge < -0.3 is 9.42 Å². The van der Waals surface area contributed by atoms with E-state index in [1.165, 1.54) is 5.56 Å². The van der Waals surface area contributed by atoms with Crippen LogP contribution in [0.3, 0.4) is 0 Å². The Labute approximate surface area is 124 Å². The zero-order valence-corrected chi connectivity index (χ0v) is 12.2. The molecule has 0 aliphatic carbocycles. The summed E-state index contributed by atoms with van der Waals surface area (Å²) in [6.07, 6.45) is 2.23. The van der Waals surface area contributed by atoms with E-state index in [2.05, 4.69) is 22.3 Å². The molecule has 110 valence electrons. The molecule has 2 heterocycles. The first-order valence-corrected chi connectivity index (χ1v) is 7.34. The van der Waals surface area contributed by atoms with Gasteiger partial charge in [-0.25, -0.2) is 0 Å². The molecule has 1 fully saturated rings. The highest BCUT2D eigenvalue weighted by atomic mass is 16.5. The van der Waals surface area contributed by atoms with Crippen LogP contribution in [0.4, 0.5) is 0 Å². The van der Waals surface area contributed by atoms with Gasteiger partial charge in [0.1, 0.15) is 0 Å². The summed E-state index contributed by atoms with van der Waals surface area (Å²) in [5.41, 5.74) is 1.25. The third-order valence-corrected chi connectivity index (χ3v) is 3.91. The molecule has 0 radical (unpaired) electrons. The van der Waals surface area contributed by atoms with Crippen molar-refractivity contribution in [2.45, 2.75) is 32.1 Å². The van der Waals surface area contributed by atoms with Crippen LogP contribution in [-0.4, -0.2) is 34.0 Å². The van der Waals surface area contributed by atoms with Crippen LogP contribution in [0.5, 0.6) is 0 Å². The minimum Gasteiger partial charge on any atom is -0.342 e. The summed E-state index contributed by atoms with van der Waals surface area (Å²) in [7, 11) is 0. The second-order valence-electron chi connectivity index (χ2n) is 5.49. The van der Waals surface area contributed by atoms with E-state index in [0.717, 1.165) is 19.4 Å². The Morgan fingerprint density at radius 3 is 2.86 bits per heavy atom. The number of hydrogen-bond donors (Lipinski definition) is 0. The minimum atomic E-state index is 0.166. The lowest BCUT2D eigenvalue weighted by Crippen LogP contribution is -2.40. The summed E-state index contributed by atoms with van der Waals surface area (Å²) in [6.45, 7) is 3.23. The summed E-state index contributed by atoms with van der Waals surface area (Å²) in [5.74, 6) is 1.69. The lowest BCUT2D eigenvalue weighted by Gasteiger charge is -2.31. The van der Waals surface area contributed by atoms with Crippen molar-refractivity contribution in [3.63, 3.8) is 0 Å². The monoisotopic (exact) mass is 285 g/mol. The maximum absolute atomic E-state index is 12.1. The Balaban J connectivity index is 1.62. The van der Waals surface area contributed by atoms with Gasteiger partial charge in [-0.1, -0.05) is 35.5 Å². The number of nitrogens with zero attached hydrogens (tertiary/aromatic N) is 3. The van der Waals surface area contributed by atoms with Crippen LogP contribution in [0, 0.1) is 6.92 Å². The van der Waals surface area contributed by atoms with Crippen LogP contribution in [0.25, 0.3) is 0 Å². The molecule has 1 saturated heterocycles. The Kier molecular flexibility index (Phi) is 3.99. The van der Waals surface area contributed by atoms with Gasteiger partial charge in [0.2, 0.25) is 11.8 Å². The predicted octanol–water partition coefficient (Wildman–Crippen LogP) is 2.33. The van der Waals surface area contributed by atoms with E-state index in [4.69, 9.17) is 4.52 Å². The van der Waals surface area contributed by atoms with Gasteiger partial charge in [-0.15, -0.1) is 0 Å². The van der Waals surface area contributed by atoms with Crippen molar-refractivity contribution in [2.75, 3.05) is 13.1 Å². The van der Waals surface area contributed by atoms with Crippen LogP contribution in [0.15, 0.2) is 34.9 Å². The molecule has 1 aromatic carbocycles. The van der Waals surface area contributed by atoms with Gasteiger partial charge in [0.25, 0.3) is 0 Å². The van der Waals surface area contributed by atoms with Gasteiger partial charge in [0, 0.05) is 19.5 Å². The molecule has 3 rings (SSSR count). The quantitative estimate of drug-likeness (QED) is 0.865. The molecule has 0 unspecified atom stereocenters. The van der Waals surface area contributed by atoms with Crippen LogP contribution >= 0.6 is 0 Å². The Hall–Kier alpha value is -2.17. The van der Waals surface area contributed by atoms with E-state index in [0.29, 0.717) is 24.7 Å². The molecular formula is C16H19N3O2. The standard InChI is InChI=1S/C16H19N3O2/c1-12-17-16(21-18-12)14-7-8-15(20)19(11-14)10-9-13-5-3-2-4-6-13/h2-6,14H,7-11H2,1H3/t14-/m1/s1. The molecule has 0 bridgehead atoms. The van der Waals surface area contributed by atoms with Gasteiger partial charge in [-0.3, -0.25) is 4.79 Å². The topological polar surface area (TPSA) is 59.2 Å². The van der Waals surface area contributed by atoms with Crippen LogP contribution in [0.2, 0.25) is 0 Å². The van der Waals surface area contributed by atoms with Crippen molar-refractivity contribution in [1.29, 1.82) is 0 Å². The number of carbonyl (C=O) groups excluding carboxylic acids is 1. The van der Waals surface area contributed by atoms with E-state index in [9.17, 15) is 4.79 Å². The molecule has 0 spiro atoms. The number of amides is 1. The van der Waals surface area contributed by atoms with E-state index in [1.54, 1.807) is 0 Å². The van der Waals surface area contributed by atoms with Gasteiger partial charge in [0.15, 0.2) is 5.82 Å². The van der Waals surface area contributed by atoms with Crippen molar-refractivity contribution in [3.05, 3.63) is 47.6 Å². The average molecular weight is 285 g/mol. The van der Waals surface area contributed by atoms with Gasteiger partial charge in [0.05, 0.1) is 5.92 Å². The van der Waals surface area contributed by atoms with Crippen molar-refractivity contribution in [3.8, 4) is 0 Å². The van der Waals surface area contributed by atoms with E-state index in [1.807, 2.05) is 30.0 Å². The molecule has 1 aliphatic heterocycles. The average Bonchev–Trinajstić information content (AvgIpc) is 2.94. The Morgan fingerprint density at radius 2 is 2.14 bits per heavy atom. The van der Waals surface area contributed by atoms with Gasteiger partial charge in [-0.05, 0) is 25.3 Å². The second kappa shape index (κ2) is 6.08. The maximum atomic E-state index is 12.1. The van der Waals surface area contributed by atoms with Gasteiger partial charge >= 0.3 is 0 Å². The molecule has 1 amide bonds. The summed E-state index contributed by atoms with van der Waals surface area (Å²) >= 11 is 0. The molecule has 1 aromatic heterocycles. The number of piperidine rings is 1. The lowest BCUT2D eigenvalue weighted by molar-refractivity contribution is -0.133. The maximum Gasteiger partial charge on any atom is 0.231 e. The van der Waals surface area contributed by atoms with E-state index in [-0.39, 0.29) is 11.8 Å². The van der Waals surface area contributed by atoms with Crippen LogP contribution in [-0.2, 0) is 11.2 Å². The lowest BCUT2D eigenvalue weighted by atomic mass is 9.97. The van der Waals surface area contributed by atoms with Crippen molar-refractivity contribution < 1.29 is 9.32 Å². The van der Waals surface area contributed by atoms with Crippen LogP contribution in [0.1, 0.15) is 36.0 Å². The van der Waals surface area contributed by atoms with Gasteiger partial charge in [-0.2, -0.15) is 4.98 Å². The zero-order valence-electron chi connectivity index (χ0n) is 12.2. The molecule has 1 atom stereocenters. The molecular weight excluding hydrogens is 266 g/mol. The molecule has 21 heavy (non-hydrogen) atoms. The molecule has 1 aliphatic rings. The van der Waals surface area contributed by atoms with Crippen molar-refractivity contribution >= 4 is 5.91 Å². The van der Waals surface area contributed by atoms with E-state index >= 15 is 0 Å². The van der Waals surface area contributed by atoms with Crippen molar-refractivity contribution in [1.82, 2.24) is 15.0 Å². The summed E-state index contributed by atoms with van der Waals surface area (Å²) in [6, 6.07) is 10.2. The molecule has 0 saturated carbocycles.